The number of nitrogens with one attached hydrogen (secondary N) is 2. The Bertz CT molecular complexity index is 570. The summed E-state index contributed by atoms with van der Waals surface area (Å²) in [5, 5.41) is 16.3. The van der Waals surface area contributed by atoms with Crippen LogP contribution in [0.5, 0.6) is 0 Å². The lowest BCUT2D eigenvalue weighted by Crippen LogP contribution is -2.51. The van der Waals surface area contributed by atoms with Crippen molar-refractivity contribution in [2.45, 2.75) is 70.1 Å². The Labute approximate surface area is 150 Å². The van der Waals surface area contributed by atoms with Crippen LogP contribution >= 0.6 is 0 Å². The van der Waals surface area contributed by atoms with Crippen molar-refractivity contribution in [3.8, 4) is 0 Å². The number of rotatable bonds is 5. The van der Waals surface area contributed by atoms with Crippen LogP contribution in [0.2, 0.25) is 0 Å². The summed E-state index contributed by atoms with van der Waals surface area (Å²) < 4.78 is 5.46. The largest absolute Gasteiger partial charge is 0.463 e. The third-order valence-electron chi connectivity index (χ3n) is 5.57. The van der Waals surface area contributed by atoms with Crippen LogP contribution in [0, 0.1) is 6.92 Å². The Morgan fingerprint density at radius 3 is 2.56 bits per heavy atom. The lowest BCUT2D eigenvalue weighted by atomic mass is 10.0. The van der Waals surface area contributed by atoms with Gasteiger partial charge in [0.1, 0.15) is 17.1 Å². The third-order valence-corrected chi connectivity index (χ3v) is 5.57. The first kappa shape index (κ1) is 18.3. The number of piperidine rings is 1. The van der Waals surface area contributed by atoms with Crippen molar-refractivity contribution in [2.24, 2.45) is 0 Å². The summed E-state index contributed by atoms with van der Waals surface area (Å²) >= 11 is 0. The van der Waals surface area contributed by atoms with Gasteiger partial charge in [0.25, 0.3) is 0 Å². The Hall–Kier alpha value is -1.53. The second-order valence-electron chi connectivity index (χ2n) is 7.76. The lowest BCUT2D eigenvalue weighted by molar-refractivity contribution is 0.0357. The molecule has 1 atom stereocenters. The zero-order valence-corrected chi connectivity index (χ0v) is 15.4. The van der Waals surface area contributed by atoms with Crippen LogP contribution in [0.25, 0.3) is 0 Å². The predicted molar refractivity (Wildman–Crippen MR) is 96.4 cm³/mol. The molecule has 2 amide bonds. The van der Waals surface area contributed by atoms with Gasteiger partial charge < -0.3 is 25.1 Å². The van der Waals surface area contributed by atoms with E-state index in [0.717, 1.165) is 37.7 Å². The van der Waals surface area contributed by atoms with E-state index in [1.807, 2.05) is 13.0 Å². The van der Waals surface area contributed by atoms with Crippen LogP contribution in [-0.2, 0) is 5.60 Å². The van der Waals surface area contributed by atoms with Crippen molar-refractivity contribution in [2.75, 3.05) is 19.6 Å². The van der Waals surface area contributed by atoms with Crippen LogP contribution in [-0.4, -0.2) is 47.8 Å². The first-order valence-electron chi connectivity index (χ1n) is 9.52. The van der Waals surface area contributed by atoms with Gasteiger partial charge in [0.2, 0.25) is 0 Å². The average molecular weight is 349 g/mol. The molecule has 3 N–H and O–H groups in total. The molecule has 3 rings (SSSR count). The molecule has 0 spiro atoms. The number of hydrogen-bond acceptors (Lipinski definition) is 4. The maximum absolute atomic E-state index is 12.2. The molecule has 0 bridgehead atoms. The molecule has 1 unspecified atom stereocenters. The molecular weight excluding hydrogens is 318 g/mol. The van der Waals surface area contributed by atoms with Crippen molar-refractivity contribution in [3.63, 3.8) is 0 Å². The molecule has 1 aromatic heterocycles. The molecule has 25 heavy (non-hydrogen) atoms. The molecule has 6 nitrogen and oxygen atoms in total. The molecular formula is C19H31N3O3. The van der Waals surface area contributed by atoms with Gasteiger partial charge in [-0.15, -0.1) is 0 Å². The summed E-state index contributed by atoms with van der Waals surface area (Å²) in [5.74, 6) is 1.21. The number of nitrogens with zero attached hydrogens (tertiary/aromatic N) is 1. The quantitative estimate of drug-likeness (QED) is 0.763. The molecule has 1 aliphatic heterocycles. The highest BCUT2D eigenvalue weighted by molar-refractivity contribution is 5.74. The smallest absolute Gasteiger partial charge is 0.315 e. The molecule has 1 saturated carbocycles. The van der Waals surface area contributed by atoms with E-state index in [2.05, 4.69) is 15.5 Å². The van der Waals surface area contributed by atoms with Crippen molar-refractivity contribution >= 4 is 6.03 Å². The standard InChI is InChI=1S/C19H31N3O3/c1-14-7-8-17(25-14)19(2,24)13-20-18(23)21-15-9-11-22(12-10-15)16-5-3-4-6-16/h7-8,15-16,24H,3-6,9-13H2,1-2H3,(H2,20,21,23). The fourth-order valence-electron chi connectivity index (χ4n) is 3.98. The summed E-state index contributed by atoms with van der Waals surface area (Å²) in [6.07, 6.45) is 7.38. The Morgan fingerprint density at radius 1 is 1.28 bits per heavy atom. The fraction of sp³-hybridized carbons (Fsp3) is 0.737. The van der Waals surface area contributed by atoms with Gasteiger partial charge >= 0.3 is 6.03 Å². The molecule has 0 aromatic carbocycles. The molecule has 2 aliphatic rings. The molecule has 0 radical (unpaired) electrons. The van der Waals surface area contributed by atoms with Gasteiger partial charge in [-0.25, -0.2) is 4.79 Å². The van der Waals surface area contributed by atoms with Gasteiger partial charge in [-0.1, -0.05) is 12.8 Å². The number of urea groups is 1. The van der Waals surface area contributed by atoms with E-state index in [4.69, 9.17) is 4.42 Å². The minimum Gasteiger partial charge on any atom is -0.463 e. The summed E-state index contributed by atoms with van der Waals surface area (Å²) in [6.45, 7) is 5.73. The van der Waals surface area contributed by atoms with Crippen molar-refractivity contribution in [1.82, 2.24) is 15.5 Å². The van der Waals surface area contributed by atoms with E-state index in [-0.39, 0.29) is 18.6 Å². The lowest BCUT2D eigenvalue weighted by Gasteiger charge is -2.36. The van der Waals surface area contributed by atoms with Crippen LogP contribution < -0.4 is 10.6 Å². The second kappa shape index (κ2) is 7.79. The summed E-state index contributed by atoms with van der Waals surface area (Å²) in [7, 11) is 0. The van der Waals surface area contributed by atoms with Crippen LogP contribution in [0.1, 0.15) is 57.0 Å². The maximum Gasteiger partial charge on any atom is 0.315 e. The van der Waals surface area contributed by atoms with Gasteiger partial charge in [0.05, 0.1) is 6.54 Å². The number of carbonyl (C=O) groups excluding carboxylic acids is 1. The van der Waals surface area contributed by atoms with Crippen molar-refractivity contribution < 1.29 is 14.3 Å². The number of likely N-dealkylation sites (tertiary alicyclic amines) is 1. The number of carbonyl (C=O) groups is 1. The first-order chi connectivity index (χ1) is 11.9. The first-order valence-corrected chi connectivity index (χ1v) is 9.52. The maximum atomic E-state index is 12.2. The molecule has 2 heterocycles. The van der Waals surface area contributed by atoms with Crippen molar-refractivity contribution in [1.29, 1.82) is 0 Å². The molecule has 1 aromatic rings. The topological polar surface area (TPSA) is 77.7 Å². The molecule has 1 aliphatic carbocycles. The summed E-state index contributed by atoms with van der Waals surface area (Å²) in [5.41, 5.74) is -1.21. The van der Waals surface area contributed by atoms with Gasteiger partial charge in [0, 0.05) is 25.2 Å². The summed E-state index contributed by atoms with van der Waals surface area (Å²) in [6, 6.07) is 4.31. The highest BCUT2D eigenvalue weighted by atomic mass is 16.4. The fourth-order valence-corrected chi connectivity index (χ4v) is 3.98. The van der Waals surface area contributed by atoms with E-state index in [9.17, 15) is 9.90 Å². The van der Waals surface area contributed by atoms with E-state index in [1.165, 1.54) is 25.7 Å². The number of aryl methyl sites for hydroxylation is 1. The number of hydrogen-bond donors (Lipinski definition) is 3. The zero-order chi connectivity index (χ0) is 17.9. The SMILES string of the molecule is Cc1ccc(C(C)(O)CNC(=O)NC2CCN(C3CCCC3)CC2)o1. The number of aliphatic hydroxyl groups is 1. The minimum absolute atomic E-state index is 0.118. The molecule has 140 valence electrons. The molecule has 6 heteroatoms. The monoisotopic (exact) mass is 349 g/mol. The van der Waals surface area contributed by atoms with Gasteiger partial charge in [-0.3, -0.25) is 0 Å². The highest BCUT2D eigenvalue weighted by Crippen LogP contribution is 2.26. The Kier molecular flexibility index (Phi) is 5.69. The highest BCUT2D eigenvalue weighted by Gasteiger charge is 2.29. The molecule has 2 fully saturated rings. The Balaban J connectivity index is 1.39. The Morgan fingerprint density at radius 2 is 1.96 bits per heavy atom. The van der Waals surface area contributed by atoms with Crippen LogP contribution in [0.15, 0.2) is 16.5 Å². The third kappa shape index (κ3) is 4.76. The van der Waals surface area contributed by atoms with Crippen molar-refractivity contribution in [3.05, 3.63) is 23.7 Å². The minimum atomic E-state index is -1.21. The zero-order valence-electron chi connectivity index (χ0n) is 15.4. The summed E-state index contributed by atoms with van der Waals surface area (Å²) in [4.78, 5) is 14.7. The van der Waals surface area contributed by atoms with E-state index < -0.39 is 5.60 Å². The van der Waals surface area contributed by atoms with Crippen LogP contribution in [0.4, 0.5) is 4.79 Å². The van der Waals surface area contributed by atoms with Gasteiger partial charge in [-0.2, -0.15) is 0 Å². The molecule has 1 saturated heterocycles. The normalized spacial score (nSPS) is 22.7. The van der Waals surface area contributed by atoms with Gasteiger partial charge in [0.15, 0.2) is 0 Å². The van der Waals surface area contributed by atoms with Crippen LogP contribution in [0.3, 0.4) is 0 Å². The number of amides is 2. The van der Waals surface area contributed by atoms with E-state index >= 15 is 0 Å². The van der Waals surface area contributed by atoms with E-state index in [1.54, 1.807) is 13.0 Å². The van der Waals surface area contributed by atoms with Gasteiger partial charge in [-0.05, 0) is 51.7 Å². The second-order valence-corrected chi connectivity index (χ2v) is 7.76. The number of furan rings is 1. The van der Waals surface area contributed by atoms with E-state index in [0.29, 0.717) is 5.76 Å². The predicted octanol–water partition coefficient (Wildman–Crippen LogP) is 2.50. The average Bonchev–Trinajstić information content (AvgIpc) is 3.26.